The minimum Gasteiger partial charge on any atom is -0.486 e. The molecule has 1 fully saturated rings. The number of aromatic nitrogens is 1. The van der Waals surface area contributed by atoms with E-state index in [4.69, 9.17) is 4.74 Å². The van der Waals surface area contributed by atoms with Crippen LogP contribution in [0.1, 0.15) is 63.6 Å². The zero-order chi connectivity index (χ0) is 23.7. The fourth-order valence-corrected chi connectivity index (χ4v) is 5.25. The Labute approximate surface area is 204 Å². The molecule has 0 unspecified atom stereocenters. The number of nitrogens with zero attached hydrogens (tertiary/aromatic N) is 2. The van der Waals surface area contributed by atoms with Crippen molar-refractivity contribution in [3.63, 3.8) is 0 Å². The van der Waals surface area contributed by atoms with Gasteiger partial charge in [0.2, 0.25) is 5.91 Å². The second kappa shape index (κ2) is 9.58. The minimum atomic E-state index is -0.166. The topological polar surface area (TPSA) is 71.5 Å². The summed E-state index contributed by atoms with van der Waals surface area (Å²) >= 11 is 1.42. The molecule has 1 aliphatic carbocycles. The van der Waals surface area contributed by atoms with Crippen LogP contribution in [0.2, 0.25) is 0 Å². The van der Waals surface area contributed by atoms with E-state index in [1.807, 2.05) is 13.0 Å². The van der Waals surface area contributed by atoms with Crippen LogP contribution in [0.5, 0.6) is 5.75 Å². The van der Waals surface area contributed by atoms with Gasteiger partial charge in [-0.3, -0.25) is 9.59 Å². The fourth-order valence-electron chi connectivity index (χ4n) is 4.56. The molecule has 1 atom stereocenters. The molecule has 2 heterocycles. The highest BCUT2D eigenvalue weighted by atomic mass is 32.1. The first-order valence-corrected chi connectivity index (χ1v) is 12.8. The number of rotatable bonds is 7. The molecule has 5 rings (SSSR count). The third kappa shape index (κ3) is 4.71. The van der Waals surface area contributed by atoms with E-state index in [0.29, 0.717) is 18.8 Å². The Kier molecular flexibility index (Phi) is 6.37. The first-order valence-electron chi connectivity index (χ1n) is 11.9. The lowest BCUT2D eigenvalue weighted by atomic mass is 9.87. The van der Waals surface area contributed by atoms with Crippen LogP contribution in [-0.2, 0) is 17.8 Å². The minimum absolute atomic E-state index is 0.107. The summed E-state index contributed by atoms with van der Waals surface area (Å²) < 4.78 is 6.09. The number of amides is 2. The number of carbonyl (C=O) groups excluding carboxylic acids is 2. The van der Waals surface area contributed by atoms with Gasteiger partial charge in [0.25, 0.3) is 5.91 Å². The zero-order valence-corrected chi connectivity index (χ0v) is 20.4. The summed E-state index contributed by atoms with van der Waals surface area (Å²) in [7, 11) is 0. The Morgan fingerprint density at radius 2 is 2.06 bits per heavy atom. The number of hydrogen-bond donors (Lipinski definition) is 1. The zero-order valence-electron chi connectivity index (χ0n) is 19.5. The maximum absolute atomic E-state index is 13.2. The van der Waals surface area contributed by atoms with Crippen LogP contribution in [-0.4, -0.2) is 34.8 Å². The Bertz CT molecular complexity index is 1220. The molecule has 176 valence electrons. The number of thiazole rings is 1. The SMILES string of the molecule is CCNC(=O)c1csc(COc2ccc3c(c2)[C@H](c2cccc(C)c2)N(C(=O)C2CC2)CC3)n1. The largest absolute Gasteiger partial charge is 0.486 e. The van der Waals surface area contributed by atoms with Gasteiger partial charge < -0.3 is 15.0 Å². The van der Waals surface area contributed by atoms with Gasteiger partial charge in [-0.25, -0.2) is 4.98 Å². The van der Waals surface area contributed by atoms with Crippen molar-refractivity contribution in [3.8, 4) is 5.75 Å². The van der Waals surface area contributed by atoms with Gasteiger partial charge in [0.15, 0.2) is 0 Å². The van der Waals surface area contributed by atoms with Gasteiger partial charge in [-0.05, 0) is 61.9 Å². The molecular formula is C27H29N3O3S. The molecule has 0 spiro atoms. The quantitative estimate of drug-likeness (QED) is 0.539. The summed E-state index contributed by atoms with van der Waals surface area (Å²) in [6, 6.07) is 14.5. The van der Waals surface area contributed by atoms with Crippen molar-refractivity contribution >= 4 is 23.2 Å². The van der Waals surface area contributed by atoms with Gasteiger partial charge in [0.05, 0.1) is 6.04 Å². The molecule has 0 bridgehead atoms. The molecular weight excluding hydrogens is 446 g/mol. The molecule has 1 aliphatic heterocycles. The fraction of sp³-hybridized carbons (Fsp3) is 0.370. The maximum Gasteiger partial charge on any atom is 0.270 e. The molecule has 0 radical (unpaired) electrons. The number of ether oxygens (including phenoxy) is 1. The molecule has 0 saturated heterocycles. The van der Waals surface area contributed by atoms with Crippen LogP contribution >= 0.6 is 11.3 Å². The molecule has 7 heteroatoms. The van der Waals surface area contributed by atoms with Crippen LogP contribution in [0.4, 0.5) is 0 Å². The van der Waals surface area contributed by atoms with E-state index in [1.165, 1.54) is 22.5 Å². The second-order valence-electron chi connectivity index (χ2n) is 9.01. The van der Waals surface area contributed by atoms with E-state index in [2.05, 4.69) is 58.5 Å². The van der Waals surface area contributed by atoms with Crippen molar-refractivity contribution in [1.82, 2.24) is 15.2 Å². The number of carbonyl (C=O) groups is 2. The van der Waals surface area contributed by atoms with Crippen molar-refractivity contribution < 1.29 is 14.3 Å². The molecule has 2 amide bonds. The first-order chi connectivity index (χ1) is 16.5. The molecule has 2 aromatic carbocycles. The number of fused-ring (bicyclic) bond motifs is 1. The summed E-state index contributed by atoms with van der Waals surface area (Å²) in [6.07, 6.45) is 2.84. The summed E-state index contributed by atoms with van der Waals surface area (Å²) in [6.45, 7) is 5.57. The molecule has 1 N–H and O–H groups in total. The molecule has 6 nitrogen and oxygen atoms in total. The Morgan fingerprint density at radius 1 is 1.21 bits per heavy atom. The molecule has 1 aromatic heterocycles. The van der Waals surface area contributed by atoms with Crippen LogP contribution in [0.3, 0.4) is 0 Å². The van der Waals surface area contributed by atoms with E-state index in [9.17, 15) is 9.59 Å². The molecule has 34 heavy (non-hydrogen) atoms. The van der Waals surface area contributed by atoms with Crippen molar-refractivity contribution in [2.75, 3.05) is 13.1 Å². The highest BCUT2D eigenvalue weighted by molar-refractivity contribution is 7.09. The summed E-state index contributed by atoms with van der Waals surface area (Å²) in [4.78, 5) is 31.6. The lowest BCUT2D eigenvalue weighted by Gasteiger charge is -2.38. The van der Waals surface area contributed by atoms with Gasteiger partial charge in [-0.15, -0.1) is 11.3 Å². The normalized spacial score (nSPS) is 17.2. The number of aryl methyl sites for hydroxylation is 1. The molecule has 1 saturated carbocycles. The van der Waals surface area contributed by atoms with Crippen molar-refractivity contribution in [1.29, 1.82) is 0 Å². The highest BCUT2D eigenvalue weighted by Gasteiger charge is 2.39. The Hall–Kier alpha value is -3.19. The van der Waals surface area contributed by atoms with Gasteiger partial charge in [-0.2, -0.15) is 0 Å². The standard InChI is InChI=1S/C27H29N3O3S/c1-3-28-26(31)23-16-34-24(29-23)15-33-21-10-9-18-11-12-30(27(32)19-7-8-19)25(22(18)14-21)20-6-4-5-17(2)13-20/h4-6,9-10,13-14,16,19,25H,3,7-8,11-12,15H2,1-2H3,(H,28,31)/t25-/m0/s1. The third-order valence-electron chi connectivity index (χ3n) is 6.40. The summed E-state index contributed by atoms with van der Waals surface area (Å²) in [5.74, 6) is 1.02. The van der Waals surface area contributed by atoms with Crippen LogP contribution in [0.15, 0.2) is 47.8 Å². The van der Waals surface area contributed by atoms with Gasteiger partial charge >= 0.3 is 0 Å². The van der Waals surface area contributed by atoms with Crippen LogP contribution in [0, 0.1) is 12.8 Å². The van der Waals surface area contributed by atoms with Gasteiger partial charge in [-0.1, -0.05) is 35.9 Å². The van der Waals surface area contributed by atoms with Crippen LogP contribution < -0.4 is 10.1 Å². The van der Waals surface area contributed by atoms with E-state index >= 15 is 0 Å². The van der Waals surface area contributed by atoms with E-state index in [1.54, 1.807) is 5.38 Å². The Balaban J connectivity index is 1.41. The van der Waals surface area contributed by atoms with Crippen molar-refractivity contribution in [2.45, 2.75) is 45.8 Å². The monoisotopic (exact) mass is 475 g/mol. The predicted molar refractivity (Wildman–Crippen MR) is 132 cm³/mol. The van der Waals surface area contributed by atoms with E-state index in [-0.39, 0.29) is 23.8 Å². The first kappa shape index (κ1) is 22.6. The molecule has 3 aromatic rings. The van der Waals surface area contributed by atoms with Crippen molar-refractivity contribution in [3.05, 3.63) is 80.8 Å². The highest BCUT2D eigenvalue weighted by Crippen LogP contribution is 2.41. The Morgan fingerprint density at radius 3 is 2.82 bits per heavy atom. The average Bonchev–Trinajstić information content (AvgIpc) is 3.58. The van der Waals surface area contributed by atoms with E-state index in [0.717, 1.165) is 47.7 Å². The number of benzene rings is 2. The lowest BCUT2D eigenvalue weighted by molar-refractivity contribution is -0.134. The summed E-state index contributed by atoms with van der Waals surface area (Å²) in [5.41, 5.74) is 5.13. The predicted octanol–water partition coefficient (Wildman–Crippen LogP) is 4.66. The number of hydrogen-bond acceptors (Lipinski definition) is 5. The maximum atomic E-state index is 13.2. The van der Waals surface area contributed by atoms with Crippen LogP contribution in [0.25, 0.3) is 0 Å². The molecule has 2 aliphatic rings. The lowest BCUT2D eigenvalue weighted by Crippen LogP contribution is -2.41. The second-order valence-corrected chi connectivity index (χ2v) is 9.95. The van der Waals surface area contributed by atoms with Gasteiger partial charge in [0, 0.05) is 24.4 Å². The average molecular weight is 476 g/mol. The van der Waals surface area contributed by atoms with Crippen molar-refractivity contribution in [2.24, 2.45) is 5.92 Å². The summed E-state index contributed by atoms with van der Waals surface area (Å²) in [5, 5.41) is 5.27. The third-order valence-corrected chi connectivity index (χ3v) is 7.22. The smallest absolute Gasteiger partial charge is 0.270 e. The number of nitrogens with one attached hydrogen (secondary N) is 1. The van der Waals surface area contributed by atoms with E-state index < -0.39 is 0 Å². The van der Waals surface area contributed by atoms with Gasteiger partial charge in [0.1, 0.15) is 23.1 Å².